The second-order valence-electron chi connectivity index (χ2n) is 3.55. The normalized spacial score (nSPS) is 10.8. The standard InChI is InChI=1S/C11H8F2N2O3/c12-10(13)6-3-5(1-2-9(6)16)7-4-8(11(17)18)15-14-7/h1-4,10,16H,(H,14,15)(H,17,18). The number of carbonyl (C=O) groups is 1. The second kappa shape index (κ2) is 4.44. The molecule has 0 aliphatic carbocycles. The summed E-state index contributed by atoms with van der Waals surface area (Å²) in [6.45, 7) is 0. The van der Waals surface area contributed by atoms with Gasteiger partial charge in [0.1, 0.15) is 11.4 Å². The number of aromatic hydroxyl groups is 1. The molecule has 0 atom stereocenters. The van der Waals surface area contributed by atoms with Gasteiger partial charge >= 0.3 is 5.97 Å². The molecule has 18 heavy (non-hydrogen) atoms. The quantitative estimate of drug-likeness (QED) is 0.785. The van der Waals surface area contributed by atoms with E-state index in [-0.39, 0.29) is 11.4 Å². The Morgan fingerprint density at radius 1 is 1.33 bits per heavy atom. The molecule has 1 aromatic heterocycles. The molecule has 0 radical (unpaired) electrons. The number of phenols is 1. The number of aromatic carboxylic acids is 1. The molecule has 7 heteroatoms. The summed E-state index contributed by atoms with van der Waals surface area (Å²) in [4.78, 5) is 10.6. The van der Waals surface area contributed by atoms with Crippen LogP contribution < -0.4 is 0 Å². The fourth-order valence-corrected chi connectivity index (χ4v) is 1.47. The number of halogens is 2. The highest BCUT2D eigenvalue weighted by atomic mass is 19.3. The average molecular weight is 254 g/mol. The fourth-order valence-electron chi connectivity index (χ4n) is 1.47. The summed E-state index contributed by atoms with van der Waals surface area (Å²) < 4.78 is 25.1. The van der Waals surface area contributed by atoms with Gasteiger partial charge in [-0.15, -0.1) is 0 Å². The number of nitrogens with one attached hydrogen (secondary N) is 1. The van der Waals surface area contributed by atoms with Crippen LogP contribution in [0.5, 0.6) is 5.75 Å². The van der Waals surface area contributed by atoms with E-state index >= 15 is 0 Å². The number of phenolic OH excluding ortho intramolecular Hbond substituents is 1. The van der Waals surface area contributed by atoms with Crippen molar-refractivity contribution >= 4 is 5.97 Å². The molecule has 0 aliphatic heterocycles. The number of aromatic nitrogens is 2. The largest absolute Gasteiger partial charge is 0.507 e. The van der Waals surface area contributed by atoms with Gasteiger partial charge in [0.2, 0.25) is 0 Å². The third-order valence-corrected chi connectivity index (χ3v) is 2.37. The lowest BCUT2D eigenvalue weighted by Gasteiger charge is -2.04. The van der Waals surface area contributed by atoms with E-state index in [1.54, 1.807) is 0 Å². The van der Waals surface area contributed by atoms with E-state index in [1.807, 2.05) is 0 Å². The summed E-state index contributed by atoms with van der Waals surface area (Å²) in [5, 5.41) is 23.9. The van der Waals surface area contributed by atoms with Gasteiger partial charge in [0.05, 0.1) is 11.3 Å². The number of carboxylic acids is 1. The van der Waals surface area contributed by atoms with Crippen molar-refractivity contribution in [2.75, 3.05) is 0 Å². The first kappa shape index (κ1) is 12.0. The van der Waals surface area contributed by atoms with E-state index in [9.17, 15) is 18.7 Å². The minimum Gasteiger partial charge on any atom is -0.507 e. The van der Waals surface area contributed by atoms with Gasteiger partial charge in [-0.3, -0.25) is 5.10 Å². The molecule has 0 saturated heterocycles. The Balaban J connectivity index is 2.44. The number of carboxylic acid groups (broad SMARTS) is 1. The van der Waals surface area contributed by atoms with E-state index in [4.69, 9.17) is 5.11 Å². The molecule has 0 amide bonds. The van der Waals surface area contributed by atoms with Crippen LogP contribution in [0.25, 0.3) is 11.3 Å². The summed E-state index contributed by atoms with van der Waals surface area (Å²) in [5.74, 6) is -1.70. The van der Waals surface area contributed by atoms with Gasteiger partial charge in [0.25, 0.3) is 6.43 Å². The zero-order valence-corrected chi connectivity index (χ0v) is 8.89. The predicted octanol–water partition coefficient (Wildman–Crippen LogP) is 2.42. The van der Waals surface area contributed by atoms with Crippen LogP contribution in [0.15, 0.2) is 24.3 Å². The summed E-state index contributed by atoms with van der Waals surface area (Å²) >= 11 is 0. The minimum absolute atomic E-state index is 0.142. The number of nitrogens with zero attached hydrogens (tertiary/aromatic N) is 1. The van der Waals surface area contributed by atoms with Gasteiger partial charge in [0.15, 0.2) is 0 Å². The maximum absolute atomic E-state index is 12.6. The average Bonchev–Trinajstić information content (AvgIpc) is 2.78. The maximum atomic E-state index is 12.6. The number of rotatable bonds is 3. The number of alkyl halides is 2. The van der Waals surface area contributed by atoms with Crippen molar-refractivity contribution in [2.24, 2.45) is 0 Å². The molecule has 1 heterocycles. The molecule has 5 nitrogen and oxygen atoms in total. The topological polar surface area (TPSA) is 86.2 Å². The van der Waals surface area contributed by atoms with Crippen molar-refractivity contribution in [1.29, 1.82) is 0 Å². The Morgan fingerprint density at radius 2 is 2.06 bits per heavy atom. The maximum Gasteiger partial charge on any atom is 0.353 e. The molecular formula is C11H8F2N2O3. The Labute approximate surface area is 99.7 Å². The molecule has 94 valence electrons. The zero-order chi connectivity index (χ0) is 13.3. The fraction of sp³-hybridized carbons (Fsp3) is 0.0909. The Hall–Kier alpha value is -2.44. The highest BCUT2D eigenvalue weighted by Crippen LogP contribution is 2.31. The third-order valence-electron chi connectivity index (χ3n) is 2.37. The number of benzene rings is 1. The van der Waals surface area contributed by atoms with E-state index in [2.05, 4.69) is 10.2 Å². The van der Waals surface area contributed by atoms with Crippen molar-refractivity contribution in [3.8, 4) is 17.0 Å². The van der Waals surface area contributed by atoms with Crippen LogP contribution in [-0.4, -0.2) is 26.4 Å². The first-order valence-electron chi connectivity index (χ1n) is 4.89. The van der Waals surface area contributed by atoms with Crippen LogP contribution in [0.1, 0.15) is 22.5 Å². The molecule has 0 spiro atoms. The smallest absolute Gasteiger partial charge is 0.353 e. The monoisotopic (exact) mass is 254 g/mol. The van der Waals surface area contributed by atoms with Crippen LogP contribution in [-0.2, 0) is 0 Å². The van der Waals surface area contributed by atoms with Crippen molar-refractivity contribution in [1.82, 2.24) is 10.2 Å². The van der Waals surface area contributed by atoms with Crippen molar-refractivity contribution in [3.63, 3.8) is 0 Å². The molecule has 0 saturated carbocycles. The summed E-state index contributed by atoms with van der Waals surface area (Å²) in [6, 6.07) is 4.79. The molecule has 0 aliphatic rings. The first-order valence-corrected chi connectivity index (χ1v) is 4.89. The van der Waals surface area contributed by atoms with Crippen LogP contribution in [0, 0.1) is 0 Å². The zero-order valence-electron chi connectivity index (χ0n) is 8.89. The SMILES string of the molecule is O=C(O)c1cc(-c2ccc(O)c(C(F)F)c2)n[nH]1. The Morgan fingerprint density at radius 3 is 2.61 bits per heavy atom. The van der Waals surface area contributed by atoms with Crippen LogP contribution in [0.3, 0.4) is 0 Å². The highest BCUT2D eigenvalue weighted by molar-refractivity contribution is 5.86. The Kier molecular flexibility index (Phi) is 2.97. The molecule has 3 N–H and O–H groups in total. The van der Waals surface area contributed by atoms with Crippen LogP contribution >= 0.6 is 0 Å². The third kappa shape index (κ3) is 2.15. The van der Waals surface area contributed by atoms with Crippen molar-refractivity contribution in [2.45, 2.75) is 6.43 Å². The minimum atomic E-state index is -2.82. The van der Waals surface area contributed by atoms with E-state index < -0.39 is 23.7 Å². The summed E-state index contributed by atoms with van der Waals surface area (Å²) in [6.07, 6.45) is -2.82. The first-order chi connectivity index (χ1) is 8.49. The second-order valence-corrected chi connectivity index (χ2v) is 3.55. The van der Waals surface area contributed by atoms with Gasteiger partial charge < -0.3 is 10.2 Å². The molecule has 2 aromatic rings. The Bertz CT molecular complexity index is 596. The van der Waals surface area contributed by atoms with Crippen LogP contribution in [0.2, 0.25) is 0 Å². The van der Waals surface area contributed by atoms with Gasteiger partial charge in [-0.25, -0.2) is 13.6 Å². The lowest BCUT2D eigenvalue weighted by Crippen LogP contribution is -1.95. The van der Waals surface area contributed by atoms with E-state index in [1.165, 1.54) is 12.1 Å². The molecule has 2 rings (SSSR count). The molecule has 1 aromatic carbocycles. The summed E-state index contributed by atoms with van der Waals surface area (Å²) in [7, 11) is 0. The van der Waals surface area contributed by atoms with Crippen molar-refractivity contribution in [3.05, 3.63) is 35.5 Å². The molecular weight excluding hydrogens is 246 g/mol. The van der Waals surface area contributed by atoms with Crippen molar-refractivity contribution < 1.29 is 23.8 Å². The number of hydrogen-bond acceptors (Lipinski definition) is 3. The number of H-pyrrole nitrogens is 1. The van der Waals surface area contributed by atoms with Gasteiger partial charge in [-0.2, -0.15) is 5.10 Å². The lowest BCUT2D eigenvalue weighted by atomic mass is 10.1. The van der Waals surface area contributed by atoms with Gasteiger partial charge in [0, 0.05) is 5.56 Å². The number of hydrogen-bond donors (Lipinski definition) is 3. The van der Waals surface area contributed by atoms with Gasteiger partial charge in [-0.05, 0) is 24.3 Å². The van der Waals surface area contributed by atoms with E-state index in [0.717, 1.165) is 12.1 Å². The number of aromatic amines is 1. The molecule has 0 bridgehead atoms. The van der Waals surface area contributed by atoms with E-state index in [0.29, 0.717) is 5.56 Å². The van der Waals surface area contributed by atoms with Gasteiger partial charge in [-0.1, -0.05) is 0 Å². The summed E-state index contributed by atoms with van der Waals surface area (Å²) in [5.41, 5.74) is -0.148. The lowest BCUT2D eigenvalue weighted by molar-refractivity contribution is 0.0690. The molecule has 0 fully saturated rings. The molecule has 0 unspecified atom stereocenters. The predicted molar refractivity (Wildman–Crippen MR) is 57.6 cm³/mol. The van der Waals surface area contributed by atoms with Crippen LogP contribution in [0.4, 0.5) is 8.78 Å². The highest BCUT2D eigenvalue weighted by Gasteiger charge is 2.15.